The lowest BCUT2D eigenvalue weighted by Gasteiger charge is -2.12. The first-order valence-corrected chi connectivity index (χ1v) is 6.27. The lowest BCUT2D eigenvalue weighted by molar-refractivity contribution is -0.144. The lowest BCUT2D eigenvalue weighted by Crippen LogP contribution is -2.44. The molecule has 0 fully saturated rings. The first-order valence-electron chi connectivity index (χ1n) is 6.27. The minimum Gasteiger partial charge on any atom is -0.483 e. The van der Waals surface area contributed by atoms with Crippen LogP contribution in [0.5, 0.6) is 5.75 Å². The summed E-state index contributed by atoms with van der Waals surface area (Å²) in [6.45, 7) is 3.50. The largest absolute Gasteiger partial charge is 0.483 e. The summed E-state index contributed by atoms with van der Waals surface area (Å²) in [5.74, 6) is -1.25. The molecule has 0 aliphatic carbocycles. The van der Waals surface area contributed by atoms with Crippen LogP contribution in [-0.4, -0.2) is 31.5 Å². The van der Waals surface area contributed by atoms with E-state index in [0.29, 0.717) is 5.75 Å². The highest BCUT2D eigenvalue weighted by molar-refractivity contribution is 5.95. The number of carbonyl (C=O) groups excluding carboxylic acids is 3. The number of rotatable bonds is 5. The summed E-state index contributed by atoms with van der Waals surface area (Å²) < 4.78 is 9.73. The zero-order valence-electron chi connectivity index (χ0n) is 12.2. The van der Waals surface area contributed by atoms with E-state index in [9.17, 15) is 14.4 Å². The minimum absolute atomic E-state index is 0.246. The van der Waals surface area contributed by atoms with E-state index in [1.807, 2.05) is 32.0 Å². The number of hydrazine groups is 1. The van der Waals surface area contributed by atoms with Crippen molar-refractivity contribution in [1.82, 2.24) is 10.9 Å². The van der Waals surface area contributed by atoms with Gasteiger partial charge in [-0.3, -0.25) is 25.2 Å². The van der Waals surface area contributed by atoms with Crippen LogP contribution >= 0.6 is 0 Å². The first kappa shape index (κ1) is 16.5. The van der Waals surface area contributed by atoms with Crippen molar-refractivity contribution in [3.8, 4) is 5.75 Å². The molecule has 0 saturated heterocycles. The summed E-state index contributed by atoms with van der Waals surface area (Å²) in [7, 11) is 1.17. The molecule has 2 N–H and O–H groups in total. The van der Waals surface area contributed by atoms with Gasteiger partial charge >= 0.3 is 5.97 Å². The average Bonchev–Trinajstić information content (AvgIpc) is 2.44. The molecule has 7 heteroatoms. The fourth-order valence-corrected chi connectivity index (χ4v) is 1.59. The molecule has 0 aliphatic heterocycles. The molecule has 1 aromatic carbocycles. The molecule has 0 aliphatic rings. The molecule has 0 radical (unpaired) electrons. The van der Waals surface area contributed by atoms with E-state index in [1.165, 1.54) is 7.11 Å². The van der Waals surface area contributed by atoms with Crippen LogP contribution in [0, 0.1) is 13.8 Å². The van der Waals surface area contributed by atoms with Gasteiger partial charge in [0.25, 0.3) is 5.91 Å². The summed E-state index contributed by atoms with van der Waals surface area (Å²) in [6.07, 6.45) is -0.464. The number of hydrogen-bond acceptors (Lipinski definition) is 5. The van der Waals surface area contributed by atoms with E-state index in [2.05, 4.69) is 15.6 Å². The van der Waals surface area contributed by atoms with E-state index >= 15 is 0 Å². The van der Waals surface area contributed by atoms with Gasteiger partial charge in [-0.15, -0.1) is 0 Å². The number of benzene rings is 1. The molecular formula is C14H18N2O5. The van der Waals surface area contributed by atoms with Gasteiger partial charge in [-0.05, 0) is 25.0 Å². The molecule has 0 bridgehead atoms. The van der Waals surface area contributed by atoms with Crippen molar-refractivity contribution in [2.75, 3.05) is 13.7 Å². The van der Waals surface area contributed by atoms with Crippen LogP contribution in [0.1, 0.15) is 17.5 Å². The second-order valence-corrected chi connectivity index (χ2v) is 4.36. The monoisotopic (exact) mass is 294 g/mol. The second kappa shape index (κ2) is 7.88. The van der Waals surface area contributed by atoms with Crippen LogP contribution < -0.4 is 15.6 Å². The number of hydrogen-bond donors (Lipinski definition) is 2. The maximum Gasteiger partial charge on any atom is 0.315 e. The van der Waals surface area contributed by atoms with Crippen molar-refractivity contribution >= 4 is 17.8 Å². The highest BCUT2D eigenvalue weighted by Gasteiger charge is 2.11. The molecule has 0 atom stereocenters. The third-order valence-corrected chi connectivity index (χ3v) is 2.63. The molecule has 21 heavy (non-hydrogen) atoms. The smallest absolute Gasteiger partial charge is 0.315 e. The summed E-state index contributed by atoms with van der Waals surface area (Å²) >= 11 is 0. The van der Waals surface area contributed by atoms with Gasteiger partial charge in [0.05, 0.1) is 7.11 Å². The molecule has 0 aromatic heterocycles. The molecule has 1 aromatic rings. The Hall–Kier alpha value is -2.57. The Balaban J connectivity index is 2.38. The summed E-state index contributed by atoms with van der Waals surface area (Å²) in [5.41, 5.74) is 6.07. The minimum atomic E-state index is -0.687. The van der Waals surface area contributed by atoms with Crippen molar-refractivity contribution in [2.45, 2.75) is 20.3 Å². The van der Waals surface area contributed by atoms with Crippen LogP contribution in [0.4, 0.5) is 0 Å². The predicted molar refractivity (Wildman–Crippen MR) is 74.3 cm³/mol. The number of carbonyl (C=O) groups is 3. The van der Waals surface area contributed by atoms with Crippen LogP contribution in [0.15, 0.2) is 18.2 Å². The van der Waals surface area contributed by atoms with Crippen LogP contribution in [0.3, 0.4) is 0 Å². The van der Waals surface area contributed by atoms with Gasteiger partial charge in [-0.2, -0.15) is 0 Å². The van der Waals surface area contributed by atoms with Crippen LogP contribution in [-0.2, 0) is 19.1 Å². The fraction of sp³-hybridized carbons (Fsp3) is 0.357. The Kier molecular flexibility index (Phi) is 6.19. The Labute approximate surface area is 122 Å². The van der Waals surface area contributed by atoms with Crippen molar-refractivity contribution in [3.63, 3.8) is 0 Å². The van der Waals surface area contributed by atoms with Crippen LogP contribution in [0.2, 0.25) is 0 Å². The van der Waals surface area contributed by atoms with Gasteiger partial charge in [0.1, 0.15) is 12.2 Å². The number of ether oxygens (including phenoxy) is 2. The highest BCUT2D eigenvalue weighted by atomic mass is 16.5. The van der Waals surface area contributed by atoms with Gasteiger partial charge in [0, 0.05) is 0 Å². The van der Waals surface area contributed by atoms with Crippen molar-refractivity contribution in [2.24, 2.45) is 0 Å². The summed E-state index contributed by atoms with van der Waals surface area (Å²) in [4.78, 5) is 33.6. The number of nitrogens with one attached hydrogen (secondary N) is 2. The van der Waals surface area contributed by atoms with E-state index in [1.54, 1.807) is 0 Å². The molecule has 114 valence electrons. The number of methoxy groups -OCH3 is 1. The topological polar surface area (TPSA) is 93.7 Å². The third-order valence-electron chi connectivity index (χ3n) is 2.63. The molecule has 7 nitrogen and oxygen atoms in total. The van der Waals surface area contributed by atoms with E-state index in [-0.39, 0.29) is 6.61 Å². The van der Waals surface area contributed by atoms with E-state index in [4.69, 9.17) is 4.74 Å². The zero-order valence-corrected chi connectivity index (χ0v) is 12.2. The lowest BCUT2D eigenvalue weighted by atomic mass is 10.1. The average molecular weight is 294 g/mol. The van der Waals surface area contributed by atoms with Gasteiger partial charge in [0.15, 0.2) is 6.61 Å². The maximum atomic E-state index is 11.5. The molecule has 1 rings (SSSR count). The van der Waals surface area contributed by atoms with Crippen molar-refractivity contribution in [1.29, 1.82) is 0 Å². The molecule has 2 amide bonds. The normalized spacial score (nSPS) is 9.67. The Morgan fingerprint density at radius 2 is 1.62 bits per heavy atom. The zero-order chi connectivity index (χ0) is 15.8. The van der Waals surface area contributed by atoms with E-state index in [0.717, 1.165) is 11.1 Å². The number of para-hydroxylation sites is 1. The van der Waals surface area contributed by atoms with E-state index < -0.39 is 24.2 Å². The quantitative estimate of drug-likeness (QED) is 0.465. The third kappa shape index (κ3) is 5.52. The first-order chi connectivity index (χ1) is 9.93. The Bertz CT molecular complexity index is 522. The Morgan fingerprint density at radius 1 is 1.05 bits per heavy atom. The maximum absolute atomic E-state index is 11.5. The summed E-state index contributed by atoms with van der Waals surface area (Å²) in [6, 6.07) is 5.64. The molecular weight excluding hydrogens is 276 g/mol. The SMILES string of the molecule is COC(=O)CC(=O)NNC(=O)COc1c(C)cccc1C. The molecule has 0 spiro atoms. The number of aryl methyl sites for hydroxylation is 2. The fourth-order valence-electron chi connectivity index (χ4n) is 1.59. The van der Waals surface area contributed by atoms with Crippen LogP contribution in [0.25, 0.3) is 0 Å². The van der Waals surface area contributed by atoms with Gasteiger partial charge in [-0.1, -0.05) is 18.2 Å². The molecule has 0 heterocycles. The number of amides is 2. The summed E-state index contributed by atoms with van der Waals surface area (Å²) in [5, 5.41) is 0. The van der Waals surface area contributed by atoms with Crippen molar-refractivity contribution < 1.29 is 23.9 Å². The Morgan fingerprint density at radius 3 is 2.19 bits per heavy atom. The van der Waals surface area contributed by atoms with Gasteiger partial charge in [-0.25, -0.2) is 0 Å². The van der Waals surface area contributed by atoms with Gasteiger partial charge in [0.2, 0.25) is 5.91 Å². The number of esters is 1. The van der Waals surface area contributed by atoms with Crippen molar-refractivity contribution in [3.05, 3.63) is 29.3 Å². The molecule has 0 saturated carbocycles. The van der Waals surface area contributed by atoms with Gasteiger partial charge < -0.3 is 9.47 Å². The highest BCUT2D eigenvalue weighted by Crippen LogP contribution is 2.21. The second-order valence-electron chi connectivity index (χ2n) is 4.36. The predicted octanol–water partition coefficient (Wildman–Crippen LogP) is 0.393. The molecule has 0 unspecified atom stereocenters. The standard InChI is InChI=1S/C14H18N2O5/c1-9-5-4-6-10(2)14(9)21-8-12(18)16-15-11(17)7-13(19)20-3/h4-6H,7-8H2,1-3H3,(H,15,17)(H,16,18).